The summed E-state index contributed by atoms with van der Waals surface area (Å²) in [6, 6.07) is 26.1. The SMILES string of the molecule is Cc1ccc(S(=O)(=O)N(CC(=O)N(Cc2ccccc2Cl)C(Cc2ccccc2)C(=O)NC(C)(C)C)c2cccc(Cl)c2Cl)cc1. The molecule has 2 amide bonds. The quantitative estimate of drug-likeness (QED) is 0.174. The number of hydrogen-bond donors (Lipinski definition) is 1. The van der Waals surface area contributed by atoms with Gasteiger partial charge in [-0.1, -0.05) is 107 Å². The summed E-state index contributed by atoms with van der Waals surface area (Å²) in [5, 5.41) is 3.49. The second-order valence-electron chi connectivity index (χ2n) is 12.0. The smallest absolute Gasteiger partial charge is 0.264 e. The number of nitrogens with zero attached hydrogens (tertiary/aromatic N) is 2. The van der Waals surface area contributed by atoms with Gasteiger partial charge in [-0.25, -0.2) is 8.42 Å². The Morgan fingerprint density at radius 1 is 0.804 bits per heavy atom. The first kappa shape index (κ1) is 35.3. The second-order valence-corrected chi connectivity index (χ2v) is 15.0. The zero-order valence-electron chi connectivity index (χ0n) is 26.0. The van der Waals surface area contributed by atoms with E-state index in [-0.39, 0.29) is 33.6 Å². The Labute approximate surface area is 286 Å². The van der Waals surface area contributed by atoms with Crippen molar-refractivity contribution in [1.82, 2.24) is 10.2 Å². The van der Waals surface area contributed by atoms with Crippen molar-refractivity contribution in [3.8, 4) is 0 Å². The Bertz CT molecular complexity index is 1790. The van der Waals surface area contributed by atoms with Crippen LogP contribution in [0.25, 0.3) is 0 Å². The molecular formula is C35H36Cl3N3O4S. The zero-order chi connectivity index (χ0) is 33.6. The highest BCUT2D eigenvalue weighted by atomic mass is 35.5. The van der Waals surface area contributed by atoms with Gasteiger partial charge >= 0.3 is 0 Å². The standard InChI is InChI=1S/C35H36Cl3N3O4S/c1-24-17-19-27(20-18-24)46(44,45)41(30-16-10-15-29(37)33(30)38)23-32(42)40(22-26-13-8-9-14-28(26)36)31(34(43)39-35(2,3)4)21-25-11-6-5-7-12-25/h5-20,31H,21-23H2,1-4H3,(H,39,43). The van der Waals surface area contributed by atoms with Crippen LogP contribution in [-0.2, 0) is 32.6 Å². The van der Waals surface area contributed by atoms with Crippen LogP contribution in [-0.4, -0.2) is 43.3 Å². The van der Waals surface area contributed by atoms with Crippen LogP contribution >= 0.6 is 34.8 Å². The molecule has 0 saturated carbocycles. The Hall–Kier alpha value is -3.56. The number of aryl methyl sites for hydroxylation is 1. The number of amides is 2. The summed E-state index contributed by atoms with van der Waals surface area (Å²) in [5.74, 6) is -1.04. The monoisotopic (exact) mass is 699 g/mol. The Morgan fingerprint density at radius 2 is 1.41 bits per heavy atom. The van der Waals surface area contributed by atoms with Crippen molar-refractivity contribution < 1.29 is 18.0 Å². The zero-order valence-corrected chi connectivity index (χ0v) is 29.1. The second kappa shape index (κ2) is 14.9. The van der Waals surface area contributed by atoms with Gasteiger partial charge in [0.1, 0.15) is 12.6 Å². The summed E-state index contributed by atoms with van der Waals surface area (Å²) in [4.78, 5) is 29.9. The number of anilines is 1. The van der Waals surface area contributed by atoms with Gasteiger partial charge in [-0.2, -0.15) is 0 Å². The Balaban J connectivity index is 1.86. The van der Waals surface area contributed by atoms with Gasteiger partial charge in [0.2, 0.25) is 11.8 Å². The lowest BCUT2D eigenvalue weighted by atomic mass is 10.0. The first-order valence-corrected chi connectivity index (χ1v) is 17.2. The maximum absolute atomic E-state index is 14.6. The van der Waals surface area contributed by atoms with Crippen molar-refractivity contribution in [1.29, 1.82) is 0 Å². The van der Waals surface area contributed by atoms with Crippen LogP contribution in [0, 0.1) is 6.92 Å². The summed E-state index contributed by atoms with van der Waals surface area (Å²) < 4.78 is 29.4. The molecule has 1 N–H and O–H groups in total. The van der Waals surface area contributed by atoms with Crippen LogP contribution in [0.2, 0.25) is 15.1 Å². The minimum Gasteiger partial charge on any atom is -0.350 e. The predicted molar refractivity (Wildman–Crippen MR) is 186 cm³/mol. The molecule has 0 spiro atoms. The van der Waals surface area contributed by atoms with Crippen LogP contribution in [0.3, 0.4) is 0 Å². The Morgan fingerprint density at radius 3 is 2.04 bits per heavy atom. The van der Waals surface area contributed by atoms with E-state index in [0.717, 1.165) is 15.4 Å². The van der Waals surface area contributed by atoms with E-state index >= 15 is 0 Å². The molecule has 46 heavy (non-hydrogen) atoms. The average molecular weight is 701 g/mol. The fourth-order valence-corrected chi connectivity index (χ4v) is 6.92. The number of hydrogen-bond acceptors (Lipinski definition) is 4. The van der Waals surface area contributed by atoms with Gasteiger partial charge in [0, 0.05) is 23.5 Å². The molecule has 1 unspecified atom stereocenters. The van der Waals surface area contributed by atoms with Crippen molar-refractivity contribution in [3.63, 3.8) is 0 Å². The van der Waals surface area contributed by atoms with Gasteiger partial charge in [-0.05, 0) is 69.2 Å². The number of halogens is 3. The molecule has 11 heteroatoms. The van der Waals surface area contributed by atoms with Crippen LogP contribution in [0.4, 0.5) is 5.69 Å². The van der Waals surface area contributed by atoms with Crippen molar-refractivity contribution in [3.05, 3.63) is 129 Å². The van der Waals surface area contributed by atoms with Gasteiger partial charge in [-0.3, -0.25) is 13.9 Å². The first-order valence-electron chi connectivity index (χ1n) is 14.6. The van der Waals surface area contributed by atoms with Crippen molar-refractivity contribution in [2.24, 2.45) is 0 Å². The molecule has 0 aliphatic heterocycles. The summed E-state index contributed by atoms with van der Waals surface area (Å²) in [7, 11) is -4.34. The number of sulfonamides is 1. The van der Waals surface area contributed by atoms with Crippen LogP contribution in [0.5, 0.6) is 0 Å². The van der Waals surface area contributed by atoms with Crippen LogP contribution < -0.4 is 9.62 Å². The number of carbonyl (C=O) groups excluding carboxylic acids is 2. The molecule has 0 saturated heterocycles. The molecule has 0 aliphatic rings. The van der Waals surface area contributed by atoms with Gasteiger partial charge in [0.05, 0.1) is 20.6 Å². The van der Waals surface area contributed by atoms with Gasteiger partial charge in [0.15, 0.2) is 0 Å². The molecule has 4 aromatic carbocycles. The maximum atomic E-state index is 14.6. The van der Waals surface area contributed by atoms with E-state index in [4.69, 9.17) is 34.8 Å². The first-order chi connectivity index (χ1) is 21.7. The highest BCUT2D eigenvalue weighted by Crippen LogP contribution is 2.36. The summed E-state index contributed by atoms with van der Waals surface area (Å²) in [5.41, 5.74) is 1.69. The predicted octanol–water partition coefficient (Wildman–Crippen LogP) is 7.71. The number of carbonyl (C=O) groups is 2. The third-order valence-electron chi connectivity index (χ3n) is 7.16. The van der Waals surface area contributed by atoms with Crippen molar-refractivity contribution >= 4 is 62.3 Å². The van der Waals surface area contributed by atoms with Crippen LogP contribution in [0.15, 0.2) is 102 Å². The largest absolute Gasteiger partial charge is 0.350 e. The fraction of sp³-hybridized carbons (Fsp3) is 0.257. The molecule has 242 valence electrons. The van der Waals surface area contributed by atoms with E-state index in [9.17, 15) is 18.0 Å². The highest BCUT2D eigenvalue weighted by Gasteiger charge is 2.36. The van der Waals surface area contributed by atoms with Crippen molar-refractivity contribution in [2.45, 2.75) is 57.1 Å². The minimum absolute atomic E-state index is 0.0273. The molecule has 0 fully saturated rings. The molecule has 0 heterocycles. The molecule has 4 rings (SSSR count). The lowest BCUT2D eigenvalue weighted by molar-refractivity contribution is -0.140. The van der Waals surface area contributed by atoms with Gasteiger partial charge < -0.3 is 10.2 Å². The molecule has 4 aromatic rings. The van der Waals surface area contributed by atoms with E-state index < -0.39 is 40.0 Å². The molecule has 0 aliphatic carbocycles. The molecule has 0 radical (unpaired) electrons. The summed E-state index contributed by atoms with van der Waals surface area (Å²) in [6.07, 6.45) is 0.168. The number of rotatable bonds is 11. The molecule has 1 atom stereocenters. The summed E-state index contributed by atoms with van der Waals surface area (Å²) in [6.45, 7) is 6.66. The van der Waals surface area contributed by atoms with E-state index in [1.54, 1.807) is 42.5 Å². The van der Waals surface area contributed by atoms with Crippen LogP contribution in [0.1, 0.15) is 37.5 Å². The third-order valence-corrected chi connectivity index (χ3v) is 10.1. The Kier molecular flexibility index (Phi) is 11.4. The third kappa shape index (κ3) is 8.82. The lowest BCUT2D eigenvalue weighted by Gasteiger charge is -2.35. The molecule has 0 bridgehead atoms. The van der Waals surface area contributed by atoms with E-state index in [1.165, 1.54) is 29.2 Å². The maximum Gasteiger partial charge on any atom is 0.264 e. The highest BCUT2D eigenvalue weighted by molar-refractivity contribution is 7.92. The molecule has 7 nitrogen and oxygen atoms in total. The summed E-state index contributed by atoms with van der Waals surface area (Å²) >= 11 is 19.4. The fourth-order valence-electron chi connectivity index (χ4n) is 4.85. The molecule has 0 aromatic heterocycles. The van der Waals surface area contributed by atoms with Gasteiger partial charge in [0.25, 0.3) is 10.0 Å². The van der Waals surface area contributed by atoms with E-state index in [0.29, 0.717) is 10.6 Å². The number of benzene rings is 4. The lowest BCUT2D eigenvalue weighted by Crippen LogP contribution is -2.56. The van der Waals surface area contributed by atoms with E-state index in [2.05, 4.69) is 5.32 Å². The van der Waals surface area contributed by atoms with Crippen molar-refractivity contribution in [2.75, 3.05) is 10.8 Å². The average Bonchev–Trinajstić information content (AvgIpc) is 3.00. The van der Waals surface area contributed by atoms with Gasteiger partial charge in [-0.15, -0.1) is 0 Å². The van der Waals surface area contributed by atoms with E-state index in [1.807, 2.05) is 58.0 Å². The topological polar surface area (TPSA) is 86.8 Å². The number of nitrogens with one attached hydrogen (secondary N) is 1. The normalized spacial score (nSPS) is 12.3. The molecular weight excluding hydrogens is 665 g/mol. The minimum atomic E-state index is -4.34.